The van der Waals surface area contributed by atoms with Gasteiger partial charge in [-0.25, -0.2) is 9.38 Å². The Kier molecular flexibility index (Phi) is 2.01. The maximum Gasteiger partial charge on any atom is 0.118 e. The third-order valence-electron chi connectivity index (χ3n) is 3.69. The van der Waals surface area contributed by atoms with E-state index in [9.17, 15) is 4.39 Å². The normalized spacial score (nSPS) is 36.4. The number of aliphatic imine (C=N–C) groups is 1. The van der Waals surface area contributed by atoms with Crippen LogP contribution in [0.25, 0.3) is 0 Å². The van der Waals surface area contributed by atoms with E-state index in [1.807, 2.05) is 12.2 Å². The van der Waals surface area contributed by atoms with Crippen LogP contribution in [0.1, 0.15) is 12.8 Å². The van der Waals surface area contributed by atoms with E-state index in [1.165, 1.54) is 6.08 Å². The first-order valence-corrected chi connectivity index (χ1v) is 5.57. The van der Waals surface area contributed by atoms with Crippen LogP contribution in [0.15, 0.2) is 40.8 Å². The molecule has 2 unspecified atom stereocenters. The lowest BCUT2D eigenvalue weighted by atomic mass is 9.65. The van der Waals surface area contributed by atoms with Crippen molar-refractivity contribution >= 4 is 5.84 Å². The Hall–Kier alpha value is -1.42. The average Bonchev–Trinajstić information content (AvgIpc) is 2.33. The minimum absolute atomic E-state index is 0.254. The molecule has 2 atom stereocenters. The second kappa shape index (κ2) is 3.28. The van der Waals surface area contributed by atoms with E-state index < -0.39 is 11.5 Å². The van der Waals surface area contributed by atoms with E-state index in [0.29, 0.717) is 0 Å². The Morgan fingerprint density at radius 2 is 2.38 bits per heavy atom. The maximum absolute atomic E-state index is 13.7. The van der Waals surface area contributed by atoms with Crippen molar-refractivity contribution in [3.05, 3.63) is 35.8 Å². The molecule has 84 valence electrons. The molecule has 3 rings (SSSR count). The Morgan fingerprint density at radius 3 is 3.25 bits per heavy atom. The molecule has 4 heteroatoms. The van der Waals surface area contributed by atoms with Gasteiger partial charge in [-0.05, 0) is 30.6 Å². The monoisotopic (exact) mass is 219 g/mol. The molecule has 1 spiro atoms. The van der Waals surface area contributed by atoms with Crippen LogP contribution in [0.3, 0.4) is 0 Å². The van der Waals surface area contributed by atoms with E-state index in [0.717, 1.165) is 30.8 Å². The van der Waals surface area contributed by atoms with Gasteiger partial charge in [-0.3, -0.25) is 0 Å². The van der Waals surface area contributed by atoms with Gasteiger partial charge in [0.2, 0.25) is 0 Å². The number of halogens is 1. The lowest BCUT2D eigenvalue weighted by Gasteiger charge is -2.46. The van der Waals surface area contributed by atoms with Gasteiger partial charge in [0.15, 0.2) is 0 Å². The van der Waals surface area contributed by atoms with E-state index in [4.69, 9.17) is 5.73 Å². The molecular formula is C12H14FN3. The molecule has 3 nitrogen and oxygen atoms in total. The molecule has 1 fully saturated rings. The highest BCUT2D eigenvalue weighted by atomic mass is 19.1. The molecule has 0 aromatic carbocycles. The summed E-state index contributed by atoms with van der Waals surface area (Å²) in [4.78, 5) is 4.32. The molecule has 2 aliphatic heterocycles. The number of piperidine rings is 1. The summed E-state index contributed by atoms with van der Waals surface area (Å²) in [7, 11) is 0. The Balaban J connectivity index is 2.16. The Morgan fingerprint density at radius 1 is 1.50 bits per heavy atom. The highest BCUT2D eigenvalue weighted by Crippen LogP contribution is 2.45. The quantitative estimate of drug-likeness (QED) is 0.647. The van der Waals surface area contributed by atoms with Crippen LogP contribution in [0.5, 0.6) is 0 Å². The molecule has 16 heavy (non-hydrogen) atoms. The van der Waals surface area contributed by atoms with E-state index in [2.05, 4.69) is 10.3 Å². The molecule has 0 aromatic heterocycles. The van der Waals surface area contributed by atoms with Crippen LogP contribution in [-0.4, -0.2) is 18.4 Å². The van der Waals surface area contributed by atoms with Gasteiger partial charge < -0.3 is 11.1 Å². The molecule has 0 saturated carbocycles. The van der Waals surface area contributed by atoms with Crippen molar-refractivity contribution in [1.29, 1.82) is 0 Å². The number of nitrogens with zero attached hydrogens (tertiary/aromatic N) is 1. The fraction of sp³-hybridized carbons (Fsp3) is 0.417. The number of hydrogen-bond donors (Lipinski definition) is 2. The van der Waals surface area contributed by atoms with Crippen molar-refractivity contribution in [1.82, 2.24) is 5.32 Å². The zero-order valence-corrected chi connectivity index (χ0v) is 8.91. The highest BCUT2D eigenvalue weighted by Gasteiger charge is 2.49. The first-order valence-electron chi connectivity index (χ1n) is 5.57. The zero-order chi connectivity index (χ0) is 11.2. The topological polar surface area (TPSA) is 50.4 Å². The van der Waals surface area contributed by atoms with Crippen LogP contribution < -0.4 is 11.1 Å². The summed E-state index contributed by atoms with van der Waals surface area (Å²) in [5, 5.41) is 3.25. The first-order chi connectivity index (χ1) is 7.75. The number of rotatable bonds is 0. The summed E-state index contributed by atoms with van der Waals surface area (Å²) in [6, 6.07) is -0.607. The minimum Gasteiger partial charge on any atom is -0.373 e. The average molecular weight is 219 g/mol. The maximum atomic E-state index is 13.7. The van der Waals surface area contributed by atoms with Crippen LogP contribution in [0, 0.1) is 5.41 Å². The summed E-state index contributed by atoms with van der Waals surface area (Å²) in [6.45, 7) is 0.889. The molecule has 0 amide bonds. The summed E-state index contributed by atoms with van der Waals surface area (Å²) in [5.41, 5.74) is 6.66. The fourth-order valence-electron chi connectivity index (χ4n) is 2.83. The van der Waals surface area contributed by atoms with Crippen molar-refractivity contribution in [3.63, 3.8) is 0 Å². The van der Waals surface area contributed by atoms with Crippen molar-refractivity contribution in [2.45, 2.75) is 18.9 Å². The van der Waals surface area contributed by atoms with Crippen LogP contribution >= 0.6 is 0 Å². The molecule has 1 aliphatic carbocycles. The number of amidine groups is 1. The largest absolute Gasteiger partial charge is 0.373 e. The summed E-state index contributed by atoms with van der Waals surface area (Å²) in [5.74, 6) is 0.568. The highest BCUT2D eigenvalue weighted by molar-refractivity contribution is 5.95. The number of nitrogens with two attached hydrogens (primary N) is 1. The van der Waals surface area contributed by atoms with Gasteiger partial charge in [0.05, 0.1) is 11.5 Å². The lowest BCUT2D eigenvalue weighted by molar-refractivity contribution is 0.318. The second-order valence-electron chi connectivity index (χ2n) is 4.45. The molecule has 1 saturated heterocycles. The standard InChI is InChI=1S/C12H14FN3/c13-9-3-2-8-4-7-16-11-12(8,10(9)14)5-1-6-15-11/h2-4,7,10H,1,5-6,14H2,(H,15,16). The van der Waals surface area contributed by atoms with Gasteiger partial charge in [-0.15, -0.1) is 0 Å². The minimum atomic E-state index is -0.607. The van der Waals surface area contributed by atoms with Gasteiger partial charge >= 0.3 is 0 Å². The van der Waals surface area contributed by atoms with Crippen molar-refractivity contribution < 1.29 is 4.39 Å². The van der Waals surface area contributed by atoms with Crippen LogP contribution in [0.2, 0.25) is 0 Å². The zero-order valence-electron chi connectivity index (χ0n) is 8.91. The Labute approximate surface area is 93.6 Å². The number of allylic oxidation sites excluding steroid dienone is 3. The molecule has 0 aromatic rings. The van der Waals surface area contributed by atoms with Crippen LogP contribution in [-0.2, 0) is 0 Å². The fourth-order valence-corrected chi connectivity index (χ4v) is 2.83. The van der Waals surface area contributed by atoms with E-state index in [1.54, 1.807) is 6.20 Å². The first kappa shape index (κ1) is 9.78. The van der Waals surface area contributed by atoms with Gasteiger partial charge in [0.25, 0.3) is 0 Å². The summed E-state index contributed by atoms with van der Waals surface area (Å²) in [6.07, 6.45) is 8.81. The van der Waals surface area contributed by atoms with E-state index >= 15 is 0 Å². The predicted molar refractivity (Wildman–Crippen MR) is 61.5 cm³/mol. The SMILES string of the molecule is NC1C(F)=CC=C2C=CN=C3NCCCC231. The van der Waals surface area contributed by atoms with Gasteiger partial charge in [0.1, 0.15) is 11.7 Å². The third kappa shape index (κ3) is 1.08. The van der Waals surface area contributed by atoms with Crippen molar-refractivity contribution in [3.8, 4) is 0 Å². The van der Waals surface area contributed by atoms with Crippen molar-refractivity contribution in [2.24, 2.45) is 16.1 Å². The smallest absolute Gasteiger partial charge is 0.118 e. The molecule has 0 bridgehead atoms. The molecule has 3 N–H and O–H groups in total. The molecule has 3 aliphatic rings. The summed E-state index contributed by atoms with van der Waals surface area (Å²) < 4.78 is 13.7. The second-order valence-corrected chi connectivity index (χ2v) is 4.45. The molecule has 0 radical (unpaired) electrons. The summed E-state index contributed by atoms with van der Waals surface area (Å²) >= 11 is 0. The molecule has 2 heterocycles. The van der Waals surface area contributed by atoms with E-state index in [-0.39, 0.29) is 5.83 Å². The van der Waals surface area contributed by atoms with Gasteiger partial charge in [-0.1, -0.05) is 6.08 Å². The number of nitrogens with one attached hydrogen (secondary N) is 1. The molecular weight excluding hydrogens is 205 g/mol. The van der Waals surface area contributed by atoms with Crippen molar-refractivity contribution in [2.75, 3.05) is 6.54 Å². The van der Waals surface area contributed by atoms with Crippen LogP contribution in [0.4, 0.5) is 4.39 Å². The number of hydrogen-bond acceptors (Lipinski definition) is 3. The van der Waals surface area contributed by atoms with Gasteiger partial charge in [0, 0.05) is 12.7 Å². The van der Waals surface area contributed by atoms with Gasteiger partial charge in [-0.2, -0.15) is 0 Å². The predicted octanol–water partition coefficient (Wildman–Crippen LogP) is 1.40. The third-order valence-corrected chi connectivity index (χ3v) is 3.69. The lowest BCUT2D eigenvalue weighted by Crippen LogP contribution is -2.58. The Bertz CT molecular complexity index is 447.